The second-order valence-electron chi connectivity index (χ2n) is 2.78. The molecule has 7 heteroatoms. The van der Waals surface area contributed by atoms with E-state index in [0.717, 1.165) is 6.20 Å². The maximum Gasteiger partial charge on any atom is 0.434 e. The minimum Gasteiger partial charge on any atom is -0.478 e. The van der Waals surface area contributed by atoms with Gasteiger partial charge in [-0.15, -0.1) is 0 Å². The number of rotatable bonds is 1. The van der Waals surface area contributed by atoms with Crippen molar-refractivity contribution >= 4 is 17.6 Å². The minimum absolute atomic E-state index is 0.182. The predicted molar refractivity (Wildman–Crippen MR) is 45.9 cm³/mol. The Hall–Kier alpha value is -1.30. The summed E-state index contributed by atoms with van der Waals surface area (Å²) in [6, 6.07) is 0. The molecule has 15 heavy (non-hydrogen) atoms. The summed E-state index contributed by atoms with van der Waals surface area (Å²) in [5.41, 5.74) is -2.31. The quantitative estimate of drug-likeness (QED) is 0.820. The lowest BCUT2D eigenvalue weighted by Crippen LogP contribution is -2.16. The zero-order valence-electron chi connectivity index (χ0n) is 7.39. The van der Waals surface area contributed by atoms with Gasteiger partial charge in [0.25, 0.3) is 0 Å². The van der Waals surface area contributed by atoms with Crippen molar-refractivity contribution in [3.05, 3.63) is 28.0 Å². The molecule has 0 bridgehead atoms. The number of carboxylic acids is 1. The van der Waals surface area contributed by atoms with E-state index in [2.05, 4.69) is 4.98 Å². The Balaban J connectivity index is 3.55. The Morgan fingerprint density at radius 1 is 1.53 bits per heavy atom. The van der Waals surface area contributed by atoms with Gasteiger partial charge < -0.3 is 5.11 Å². The molecule has 0 amide bonds. The van der Waals surface area contributed by atoms with Crippen LogP contribution in [0, 0.1) is 6.92 Å². The van der Waals surface area contributed by atoms with Crippen LogP contribution in [0.5, 0.6) is 0 Å². The highest BCUT2D eigenvalue weighted by atomic mass is 35.5. The summed E-state index contributed by atoms with van der Waals surface area (Å²) in [4.78, 5) is 13.7. The van der Waals surface area contributed by atoms with Crippen molar-refractivity contribution in [2.45, 2.75) is 13.1 Å². The molecule has 0 aliphatic heterocycles. The lowest BCUT2D eigenvalue weighted by Gasteiger charge is -2.11. The van der Waals surface area contributed by atoms with Gasteiger partial charge in [0.15, 0.2) is 5.69 Å². The number of hydrogen-bond donors (Lipinski definition) is 1. The topological polar surface area (TPSA) is 50.2 Å². The fourth-order valence-corrected chi connectivity index (χ4v) is 1.21. The molecule has 0 aromatic carbocycles. The number of aryl methyl sites for hydroxylation is 1. The molecule has 0 radical (unpaired) electrons. The lowest BCUT2D eigenvalue weighted by molar-refractivity contribution is -0.141. The van der Waals surface area contributed by atoms with Crippen LogP contribution in [0.1, 0.15) is 21.6 Å². The highest BCUT2D eigenvalue weighted by Gasteiger charge is 2.38. The van der Waals surface area contributed by atoms with E-state index in [1.807, 2.05) is 0 Å². The highest BCUT2D eigenvalue weighted by Crippen LogP contribution is 2.34. The van der Waals surface area contributed by atoms with Gasteiger partial charge in [-0.1, -0.05) is 11.6 Å². The molecule has 0 saturated carbocycles. The van der Waals surface area contributed by atoms with Crippen molar-refractivity contribution in [3.63, 3.8) is 0 Å². The average Bonchev–Trinajstić information content (AvgIpc) is 2.06. The molecule has 0 aliphatic rings. The fourth-order valence-electron chi connectivity index (χ4n) is 0.994. The number of carboxylic acid groups (broad SMARTS) is 1. The second kappa shape index (κ2) is 3.69. The van der Waals surface area contributed by atoms with Crippen LogP contribution in [-0.2, 0) is 6.18 Å². The Morgan fingerprint density at radius 2 is 2.07 bits per heavy atom. The summed E-state index contributed by atoms with van der Waals surface area (Å²) < 4.78 is 37.0. The van der Waals surface area contributed by atoms with Crippen LogP contribution >= 0.6 is 11.6 Å². The first kappa shape index (κ1) is 11.8. The number of aromatic nitrogens is 1. The predicted octanol–water partition coefficient (Wildman–Crippen LogP) is 2.76. The third-order valence-corrected chi connectivity index (χ3v) is 2.16. The monoisotopic (exact) mass is 239 g/mol. The molecule has 82 valence electrons. The molecule has 0 aliphatic carbocycles. The largest absolute Gasteiger partial charge is 0.478 e. The smallest absolute Gasteiger partial charge is 0.434 e. The number of aromatic carboxylic acids is 1. The van der Waals surface area contributed by atoms with E-state index >= 15 is 0 Å². The zero-order valence-corrected chi connectivity index (χ0v) is 8.15. The molecule has 1 aromatic heterocycles. The molecule has 0 unspecified atom stereocenters. The first-order valence-electron chi connectivity index (χ1n) is 3.70. The molecule has 3 nitrogen and oxygen atoms in total. The molecular weight excluding hydrogens is 235 g/mol. The third kappa shape index (κ3) is 2.20. The first-order valence-corrected chi connectivity index (χ1v) is 4.08. The fraction of sp³-hybridized carbons (Fsp3) is 0.250. The Labute approximate surface area is 87.5 Å². The van der Waals surface area contributed by atoms with Crippen LogP contribution in [0.2, 0.25) is 5.02 Å². The normalized spacial score (nSPS) is 11.5. The molecule has 1 N–H and O–H groups in total. The molecule has 0 atom stereocenters. The third-order valence-electron chi connectivity index (χ3n) is 1.67. The molecule has 0 fully saturated rings. The maximum absolute atomic E-state index is 12.3. The number of carbonyl (C=O) groups is 1. The van der Waals surface area contributed by atoms with Crippen LogP contribution in [-0.4, -0.2) is 16.1 Å². The van der Waals surface area contributed by atoms with Crippen molar-refractivity contribution in [2.24, 2.45) is 0 Å². The van der Waals surface area contributed by atoms with Gasteiger partial charge in [-0.05, 0) is 12.5 Å². The van der Waals surface area contributed by atoms with Gasteiger partial charge in [0.1, 0.15) is 5.56 Å². The van der Waals surface area contributed by atoms with E-state index < -0.39 is 28.4 Å². The summed E-state index contributed by atoms with van der Waals surface area (Å²) in [7, 11) is 0. The van der Waals surface area contributed by atoms with Gasteiger partial charge in [-0.2, -0.15) is 13.2 Å². The van der Waals surface area contributed by atoms with E-state index in [-0.39, 0.29) is 5.56 Å². The lowest BCUT2D eigenvalue weighted by atomic mass is 10.1. The van der Waals surface area contributed by atoms with Crippen molar-refractivity contribution < 1.29 is 23.1 Å². The van der Waals surface area contributed by atoms with Gasteiger partial charge in [0.2, 0.25) is 0 Å². The summed E-state index contributed by atoms with van der Waals surface area (Å²) in [6.45, 7) is 1.38. The molecule has 0 spiro atoms. The van der Waals surface area contributed by atoms with Gasteiger partial charge in [-0.25, -0.2) is 4.79 Å². The van der Waals surface area contributed by atoms with Gasteiger partial charge in [0.05, 0.1) is 5.02 Å². The van der Waals surface area contributed by atoms with Gasteiger partial charge in [-0.3, -0.25) is 4.98 Å². The number of pyridine rings is 1. The standard InChI is InChI=1S/C8H5ClF3NO2/c1-3-2-13-6(8(10,11)12)4(5(3)9)7(14)15/h2H,1H3,(H,14,15). The molecular formula is C8H5ClF3NO2. The molecule has 1 aromatic rings. The van der Waals surface area contributed by atoms with E-state index in [0.29, 0.717) is 0 Å². The van der Waals surface area contributed by atoms with Gasteiger partial charge >= 0.3 is 12.1 Å². The summed E-state index contributed by atoms with van der Waals surface area (Å²) in [5.74, 6) is -1.75. The molecule has 1 heterocycles. The van der Waals surface area contributed by atoms with Gasteiger partial charge in [0, 0.05) is 6.20 Å². The SMILES string of the molecule is Cc1cnc(C(F)(F)F)c(C(=O)O)c1Cl. The molecule has 1 rings (SSSR count). The van der Waals surface area contributed by atoms with Crippen molar-refractivity contribution in [1.29, 1.82) is 0 Å². The zero-order chi connectivity index (χ0) is 11.8. The highest BCUT2D eigenvalue weighted by molar-refractivity contribution is 6.34. The summed E-state index contributed by atoms with van der Waals surface area (Å²) in [6.07, 6.45) is -3.94. The first-order chi connectivity index (χ1) is 6.75. The Bertz CT molecular complexity index is 417. The number of hydrogen-bond acceptors (Lipinski definition) is 2. The van der Waals surface area contributed by atoms with Crippen LogP contribution in [0.4, 0.5) is 13.2 Å². The number of alkyl halides is 3. The second-order valence-corrected chi connectivity index (χ2v) is 3.16. The van der Waals surface area contributed by atoms with Crippen molar-refractivity contribution in [2.75, 3.05) is 0 Å². The molecule has 0 saturated heterocycles. The van der Waals surface area contributed by atoms with Crippen LogP contribution < -0.4 is 0 Å². The van der Waals surface area contributed by atoms with E-state index in [4.69, 9.17) is 16.7 Å². The summed E-state index contributed by atoms with van der Waals surface area (Å²) in [5, 5.41) is 8.17. The Morgan fingerprint density at radius 3 is 2.47 bits per heavy atom. The van der Waals surface area contributed by atoms with Crippen LogP contribution in [0.25, 0.3) is 0 Å². The van der Waals surface area contributed by atoms with Crippen LogP contribution in [0.3, 0.4) is 0 Å². The minimum atomic E-state index is -4.83. The Kier molecular flexibility index (Phi) is 2.90. The van der Waals surface area contributed by atoms with E-state index in [9.17, 15) is 18.0 Å². The van der Waals surface area contributed by atoms with Crippen molar-refractivity contribution in [3.8, 4) is 0 Å². The van der Waals surface area contributed by atoms with E-state index in [1.165, 1.54) is 6.92 Å². The van der Waals surface area contributed by atoms with Crippen LogP contribution in [0.15, 0.2) is 6.20 Å². The average molecular weight is 240 g/mol. The maximum atomic E-state index is 12.3. The van der Waals surface area contributed by atoms with E-state index in [1.54, 1.807) is 0 Å². The summed E-state index contributed by atoms with van der Waals surface area (Å²) >= 11 is 5.48. The van der Waals surface area contributed by atoms with Crippen molar-refractivity contribution in [1.82, 2.24) is 4.98 Å². The number of halogens is 4. The number of nitrogens with zero attached hydrogens (tertiary/aromatic N) is 1.